The van der Waals surface area contributed by atoms with E-state index in [1.165, 1.54) is 6.07 Å². The average Bonchev–Trinajstić information content (AvgIpc) is 2.40. The van der Waals surface area contributed by atoms with Crippen LogP contribution >= 0.6 is 0 Å². The summed E-state index contributed by atoms with van der Waals surface area (Å²) in [6.45, 7) is 0.915. The Balaban J connectivity index is 2.53. The minimum Gasteiger partial charge on any atom is -0.329 e. The third kappa shape index (κ3) is 1.31. The normalized spacial score (nSPS) is 21.3. The summed E-state index contributed by atoms with van der Waals surface area (Å²) in [6, 6.07) is 2.18. The third-order valence-corrected chi connectivity index (χ3v) is 2.69. The number of likely N-dealkylation sites (N-methyl/N-ethyl adjacent to an activating group) is 1. The van der Waals surface area contributed by atoms with Gasteiger partial charge in [-0.15, -0.1) is 0 Å². The Kier molecular flexibility index (Phi) is 2.25. The number of nitrogens with zero attached hydrogens (tertiary/aromatic N) is 1. The first-order valence-electron chi connectivity index (χ1n) is 4.51. The van der Waals surface area contributed by atoms with E-state index in [-0.39, 0.29) is 6.04 Å². The van der Waals surface area contributed by atoms with Gasteiger partial charge in [0.2, 0.25) is 0 Å². The highest BCUT2D eigenvalue weighted by Crippen LogP contribution is 2.33. The SMILES string of the molecule is CN1Cc2cc(F)cc(F)c2C1CN. The van der Waals surface area contributed by atoms with Crippen molar-refractivity contribution in [3.05, 3.63) is 34.9 Å². The number of benzene rings is 1. The average molecular weight is 198 g/mol. The third-order valence-electron chi connectivity index (χ3n) is 2.69. The molecule has 1 heterocycles. The van der Waals surface area contributed by atoms with Crippen molar-refractivity contribution in [1.29, 1.82) is 0 Å². The molecular weight excluding hydrogens is 186 g/mol. The Morgan fingerprint density at radius 2 is 2.21 bits per heavy atom. The van der Waals surface area contributed by atoms with Gasteiger partial charge in [-0.1, -0.05) is 0 Å². The molecule has 14 heavy (non-hydrogen) atoms. The van der Waals surface area contributed by atoms with Crippen LogP contribution in [0.1, 0.15) is 17.2 Å². The van der Waals surface area contributed by atoms with E-state index in [2.05, 4.69) is 0 Å². The van der Waals surface area contributed by atoms with Crippen LogP contribution in [-0.2, 0) is 6.54 Å². The van der Waals surface area contributed by atoms with Gasteiger partial charge in [0.1, 0.15) is 11.6 Å². The molecule has 1 aromatic carbocycles. The molecule has 76 valence electrons. The fourth-order valence-electron chi connectivity index (χ4n) is 2.04. The van der Waals surface area contributed by atoms with Crippen LogP contribution < -0.4 is 5.73 Å². The highest BCUT2D eigenvalue weighted by Gasteiger charge is 2.29. The molecule has 1 unspecified atom stereocenters. The maximum atomic E-state index is 13.4. The first kappa shape index (κ1) is 9.55. The van der Waals surface area contributed by atoms with Crippen molar-refractivity contribution in [2.45, 2.75) is 12.6 Å². The van der Waals surface area contributed by atoms with E-state index >= 15 is 0 Å². The Bertz CT molecular complexity index is 365. The number of rotatable bonds is 1. The molecule has 1 atom stereocenters. The monoisotopic (exact) mass is 198 g/mol. The van der Waals surface area contributed by atoms with Crippen molar-refractivity contribution in [1.82, 2.24) is 4.90 Å². The zero-order valence-electron chi connectivity index (χ0n) is 7.93. The molecule has 0 fully saturated rings. The molecule has 0 spiro atoms. The van der Waals surface area contributed by atoms with E-state index < -0.39 is 11.6 Å². The van der Waals surface area contributed by atoms with Crippen LogP contribution in [0.3, 0.4) is 0 Å². The highest BCUT2D eigenvalue weighted by molar-refractivity contribution is 5.36. The Morgan fingerprint density at radius 3 is 2.86 bits per heavy atom. The molecule has 0 bridgehead atoms. The van der Waals surface area contributed by atoms with E-state index in [0.29, 0.717) is 24.2 Å². The van der Waals surface area contributed by atoms with Crippen LogP contribution in [0.5, 0.6) is 0 Å². The van der Waals surface area contributed by atoms with Crippen LogP contribution in [0.4, 0.5) is 8.78 Å². The molecule has 0 radical (unpaired) electrons. The van der Waals surface area contributed by atoms with E-state index in [1.54, 1.807) is 0 Å². The molecule has 2 nitrogen and oxygen atoms in total. The number of halogens is 2. The van der Waals surface area contributed by atoms with Crippen molar-refractivity contribution < 1.29 is 8.78 Å². The predicted octanol–water partition coefficient (Wildman–Crippen LogP) is 1.41. The molecule has 0 saturated carbocycles. The summed E-state index contributed by atoms with van der Waals surface area (Å²) in [5, 5.41) is 0. The lowest BCUT2D eigenvalue weighted by Gasteiger charge is -2.18. The molecule has 1 aromatic rings. The Hall–Kier alpha value is -1.00. The second kappa shape index (κ2) is 3.29. The lowest BCUT2D eigenvalue weighted by Crippen LogP contribution is -2.24. The minimum absolute atomic E-state index is 0.120. The van der Waals surface area contributed by atoms with Crippen LogP contribution in [0.2, 0.25) is 0 Å². The van der Waals surface area contributed by atoms with E-state index in [9.17, 15) is 8.78 Å². The standard InChI is InChI=1S/C10H12F2N2/c1-14-5-6-2-7(11)3-8(12)10(6)9(14)4-13/h2-3,9H,4-5,13H2,1H3. The van der Waals surface area contributed by atoms with Gasteiger partial charge in [-0.3, -0.25) is 4.90 Å². The fraction of sp³-hybridized carbons (Fsp3) is 0.400. The van der Waals surface area contributed by atoms with Crippen LogP contribution in [-0.4, -0.2) is 18.5 Å². The maximum Gasteiger partial charge on any atom is 0.131 e. The summed E-state index contributed by atoms with van der Waals surface area (Å²) in [7, 11) is 1.86. The summed E-state index contributed by atoms with van der Waals surface area (Å²) in [5.41, 5.74) is 6.80. The largest absolute Gasteiger partial charge is 0.329 e. The predicted molar refractivity (Wildman–Crippen MR) is 49.6 cm³/mol. The number of hydrogen-bond acceptors (Lipinski definition) is 2. The van der Waals surface area contributed by atoms with Gasteiger partial charge in [0, 0.05) is 24.7 Å². The van der Waals surface area contributed by atoms with Crippen LogP contribution in [0.15, 0.2) is 12.1 Å². The molecule has 0 aromatic heterocycles. The van der Waals surface area contributed by atoms with Gasteiger partial charge in [0.25, 0.3) is 0 Å². The molecule has 1 aliphatic rings. The lowest BCUT2D eigenvalue weighted by atomic mass is 10.0. The molecule has 0 aliphatic carbocycles. The van der Waals surface area contributed by atoms with E-state index in [4.69, 9.17) is 5.73 Å². The molecule has 4 heteroatoms. The zero-order chi connectivity index (χ0) is 10.3. The van der Waals surface area contributed by atoms with Crippen molar-refractivity contribution in [2.75, 3.05) is 13.6 Å². The summed E-state index contributed by atoms with van der Waals surface area (Å²) >= 11 is 0. The van der Waals surface area contributed by atoms with Gasteiger partial charge < -0.3 is 5.73 Å². The maximum absolute atomic E-state index is 13.4. The Labute approximate surface area is 81.3 Å². The summed E-state index contributed by atoms with van der Waals surface area (Å²) in [4.78, 5) is 1.92. The van der Waals surface area contributed by atoms with Gasteiger partial charge in [0.15, 0.2) is 0 Å². The van der Waals surface area contributed by atoms with Crippen molar-refractivity contribution in [2.24, 2.45) is 5.73 Å². The van der Waals surface area contributed by atoms with Gasteiger partial charge in [-0.05, 0) is 18.7 Å². The van der Waals surface area contributed by atoms with Crippen molar-refractivity contribution in [3.63, 3.8) is 0 Å². The van der Waals surface area contributed by atoms with Crippen molar-refractivity contribution in [3.8, 4) is 0 Å². The highest BCUT2D eigenvalue weighted by atomic mass is 19.1. The van der Waals surface area contributed by atoms with Crippen molar-refractivity contribution >= 4 is 0 Å². The minimum atomic E-state index is -0.521. The van der Waals surface area contributed by atoms with Crippen LogP contribution in [0.25, 0.3) is 0 Å². The number of fused-ring (bicyclic) bond motifs is 1. The molecule has 1 aliphatic heterocycles. The quantitative estimate of drug-likeness (QED) is 0.739. The van der Waals surface area contributed by atoms with Gasteiger partial charge >= 0.3 is 0 Å². The second-order valence-corrected chi connectivity index (χ2v) is 3.63. The molecular formula is C10H12F2N2. The van der Waals surface area contributed by atoms with Crippen LogP contribution in [0, 0.1) is 11.6 Å². The first-order valence-corrected chi connectivity index (χ1v) is 4.51. The van der Waals surface area contributed by atoms with E-state index in [0.717, 1.165) is 6.07 Å². The number of hydrogen-bond donors (Lipinski definition) is 1. The molecule has 2 rings (SSSR count). The molecule has 2 N–H and O–H groups in total. The van der Waals surface area contributed by atoms with Gasteiger partial charge in [-0.25, -0.2) is 8.78 Å². The lowest BCUT2D eigenvalue weighted by molar-refractivity contribution is 0.271. The van der Waals surface area contributed by atoms with E-state index in [1.807, 2.05) is 11.9 Å². The first-order chi connectivity index (χ1) is 6.63. The fourth-order valence-corrected chi connectivity index (χ4v) is 2.04. The van der Waals surface area contributed by atoms with Gasteiger partial charge in [0.05, 0.1) is 6.04 Å². The van der Waals surface area contributed by atoms with Gasteiger partial charge in [-0.2, -0.15) is 0 Å². The second-order valence-electron chi connectivity index (χ2n) is 3.63. The summed E-state index contributed by atoms with van der Waals surface area (Å²) in [5.74, 6) is -1.01. The molecule has 0 amide bonds. The number of nitrogens with two attached hydrogens (primary N) is 1. The molecule has 0 saturated heterocycles. The topological polar surface area (TPSA) is 29.3 Å². The Morgan fingerprint density at radius 1 is 1.50 bits per heavy atom. The summed E-state index contributed by atoms with van der Waals surface area (Å²) in [6.07, 6.45) is 0. The zero-order valence-corrected chi connectivity index (χ0v) is 7.93. The smallest absolute Gasteiger partial charge is 0.131 e. The summed E-state index contributed by atoms with van der Waals surface area (Å²) < 4.78 is 26.3.